The molecule has 2 N–H and O–H groups in total. The Kier molecular flexibility index (Phi) is 4.97. The van der Waals surface area contributed by atoms with Crippen molar-refractivity contribution in [2.24, 2.45) is 5.73 Å². The Balaban J connectivity index is 1.97. The lowest BCUT2D eigenvalue weighted by atomic mass is 9.99. The van der Waals surface area contributed by atoms with Gasteiger partial charge in [0, 0.05) is 6.07 Å². The van der Waals surface area contributed by atoms with Crippen molar-refractivity contribution >= 4 is 0 Å². The minimum absolute atomic E-state index is 0.226. The number of halogens is 1. The van der Waals surface area contributed by atoms with Crippen molar-refractivity contribution in [1.82, 2.24) is 0 Å². The standard InChI is InChI=1S/C18H22FNO/c1-12(2)14-5-7-15(8-6-14)18(20)11-21-16-9-4-13(3)17(19)10-16/h4-10,12,18H,11,20H2,1-3H3. The van der Waals surface area contributed by atoms with E-state index in [9.17, 15) is 4.39 Å². The van der Waals surface area contributed by atoms with Crippen molar-refractivity contribution in [3.05, 3.63) is 65.0 Å². The van der Waals surface area contributed by atoms with Gasteiger partial charge in [-0.3, -0.25) is 0 Å². The van der Waals surface area contributed by atoms with Crippen LogP contribution in [0.25, 0.3) is 0 Å². The van der Waals surface area contributed by atoms with E-state index in [0.29, 0.717) is 23.8 Å². The number of rotatable bonds is 5. The lowest BCUT2D eigenvalue weighted by molar-refractivity contribution is 0.289. The summed E-state index contributed by atoms with van der Waals surface area (Å²) in [7, 11) is 0. The number of benzene rings is 2. The monoisotopic (exact) mass is 287 g/mol. The fourth-order valence-electron chi connectivity index (χ4n) is 2.07. The van der Waals surface area contributed by atoms with Crippen LogP contribution in [0.4, 0.5) is 4.39 Å². The predicted molar refractivity (Wildman–Crippen MR) is 84.1 cm³/mol. The third-order valence-electron chi connectivity index (χ3n) is 3.60. The molecule has 0 heterocycles. The minimum atomic E-state index is -0.262. The lowest BCUT2D eigenvalue weighted by Gasteiger charge is -2.15. The highest BCUT2D eigenvalue weighted by molar-refractivity contribution is 5.29. The Morgan fingerprint density at radius 3 is 2.24 bits per heavy atom. The predicted octanol–water partition coefficient (Wildman–Crippen LogP) is 4.34. The molecule has 2 rings (SSSR count). The van der Waals surface area contributed by atoms with E-state index >= 15 is 0 Å². The highest BCUT2D eigenvalue weighted by Gasteiger charge is 2.09. The average molecular weight is 287 g/mol. The number of hydrogen-bond donors (Lipinski definition) is 1. The summed E-state index contributed by atoms with van der Waals surface area (Å²) < 4.78 is 19.0. The quantitative estimate of drug-likeness (QED) is 0.888. The summed E-state index contributed by atoms with van der Waals surface area (Å²) in [4.78, 5) is 0. The smallest absolute Gasteiger partial charge is 0.129 e. The van der Waals surface area contributed by atoms with E-state index in [-0.39, 0.29) is 11.9 Å². The van der Waals surface area contributed by atoms with Gasteiger partial charge in [0.1, 0.15) is 18.2 Å². The van der Waals surface area contributed by atoms with Gasteiger partial charge in [0.25, 0.3) is 0 Å². The van der Waals surface area contributed by atoms with Crippen molar-refractivity contribution in [2.45, 2.75) is 32.7 Å². The molecule has 0 aromatic heterocycles. The first-order valence-corrected chi connectivity index (χ1v) is 7.21. The van der Waals surface area contributed by atoms with Crippen LogP contribution in [0.5, 0.6) is 5.75 Å². The maximum absolute atomic E-state index is 13.4. The fraction of sp³-hybridized carbons (Fsp3) is 0.333. The molecular formula is C18H22FNO. The topological polar surface area (TPSA) is 35.2 Å². The SMILES string of the molecule is Cc1ccc(OCC(N)c2ccc(C(C)C)cc2)cc1F. The second-order valence-electron chi connectivity index (χ2n) is 5.65. The molecule has 3 heteroatoms. The Bertz CT molecular complexity index is 593. The molecule has 2 aromatic carbocycles. The molecule has 2 aromatic rings. The molecule has 2 nitrogen and oxygen atoms in total. The Morgan fingerprint density at radius 1 is 1.05 bits per heavy atom. The van der Waals surface area contributed by atoms with Gasteiger partial charge in [-0.05, 0) is 35.6 Å². The van der Waals surface area contributed by atoms with Crippen LogP contribution in [0.1, 0.15) is 42.5 Å². The third-order valence-corrected chi connectivity index (χ3v) is 3.60. The van der Waals surface area contributed by atoms with Crippen LogP contribution in [0.3, 0.4) is 0 Å². The fourth-order valence-corrected chi connectivity index (χ4v) is 2.07. The summed E-state index contributed by atoms with van der Waals surface area (Å²) in [5, 5.41) is 0. The average Bonchev–Trinajstić information content (AvgIpc) is 2.48. The molecular weight excluding hydrogens is 265 g/mol. The largest absolute Gasteiger partial charge is 0.492 e. The van der Waals surface area contributed by atoms with Gasteiger partial charge in [-0.1, -0.05) is 44.2 Å². The number of ether oxygens (including phenoxy) is 1. The highest BCUT2D eigenvalue weighted by atomic mass is 19.1. The minimum Gasteiger partial charge on any atom is -0.492 e. The Labute approximate surface area is 125 Å². The molecule has 0 bridgehead atoms. The van der Waals surface area contributed by atoms with Gasteiger partial charge in [0.15, 0.2) is 0 Å². The van der Waals surface area contributed by atoms with Gasteiger partial charge >= 0.3 is 0 Å². The van der Waals surface area contributed by atoms with Crippen molar-refractivity contribution < 1.29 is 9.13 Å². The van der Waals surface area contributed by atoms with Crippen molar-refractivity contribution in [3.8, 4) is 5.75 Å². The molecule has 1 unspecified atom stereocenters. The van der Waals surface area contributed by atoms with E-state index in [1.54, 1.807) is 19.1 Å². The maximum Gasteiger partial charge on any atom is 0.129 e. The van der Waals surface area contributed by atoms with Gasteiger partial charge in [0.05, 0.1) is 6.04 Å². The summed E-state index contributed by atoms with van der Waals surface area (Å²) in [6.07, 6.45) is 0. The van der Waals surface area contributed by atoms with Gasteiger partial charge in [-0.15, -0.1) is 0 Å². The van der Waals surface area contributed by atoms with Crippen LogP contribution in [0.2, 0.25) is 0 Å². The van der Waals surface area contributed by atoms with E-state index in [1.807, 2.05) is 12.1 Å². The summed E-state index contributed by atoms with van der Waals surface area (Å²) in [6.45, 7) is 6.36. The van der Waals surface area contributed by atoms with E-state index in [0.717, 1.165) is 5.56 Å². The lowest BCUT2D eigenvalue weighted by Crippen LogP contribution is -2.19. The molecule has 0 aliphatic carbocycles. The molecule has 112 valence electrons. The Morgan fingerprint density at radius 2 is 1.67 bits per heavy atom. The van der Waals surface area contributed by atoms with Crippen molar-refractivity contribution in [3.63, 3.8) is 0 Å². The van der Waals surface area contributed by atoms with Crippen LogP contribution in [-0.2, 0) is 0 Å². The van der Waals surface area contributed by atoms with Crippen molar-refractivity contribution in [2.75, 3.05) is 6.61 Å². The summed E-state index contributed by atoms with van der Waals surface area (Å²) >= 11 is 0. The number of aryl methyl sites for hydroxylation is 1. The molecule has 0 radical (unpaired) electrons. The molecule has 0 saturated heterocycles. The molecule has 0 fully saturated rings. The summed E-state index contributed by atoms with van der Waals surface area (Å²) in [5.41, 5.74) is 9.03. The highest BCUT2D eigenvalue weighted by Crippen LogP contribution is 2.20. The summed E-state index contributed by atoms with van der Waals surface area (Å²) in [6, 6.07) is 12.9. The van der Waals surface area contributed by atoms with Crippen LogP contribution in [0.15, 0.2) is 42.5 Å². The number of nitrogens with two attached hydrogens (primary N) is 1. The first-order chi connectivity index (χ1) is 9.97. The van der Waals surface area contributed by atoms with Gasteiger partial charge < -0.3 is 10.5 Å². The maximum atomic E-state index is 13.4. The molecule has 0 aliphatic heterocycles. The van der Waals surface area contributed by atoms with Crippen LogP contribution in [-0.4, -0.2) is 6.61 Å². The van der Waals surface area contributed by atoms with Crippen LogP contribution < -0.4 is 10.5 Å². The molecule has 0 aliphatic rings. The molecule has 21 heavy (non-hydrogen) atoms. The Hall–Kier alpha value is -1.87. The summed E-state index contributed by atoms with van der Waals surface area (Å²) in [5.74, 6) is 0.747. The van der Waals surface area contributed by atoms with Gasteiger partial charge in [0.2, 0.25) is 0 Å². The van der Waals surface area contributed by atoms with Crippen molar-refractivity contribution in [1.29, 1.82) is 0 Å². The van der Waals surface area contributed by atoms with E-state index in [4.69, 9.17) is 10.5 Å². The zero-order valence-corrected chi connectivity index (χ0v) is 12.8. The molecule has 1 atom stereocenters. The van der Waals surface area contributed by atoms with E-state index in [2.05, 4.69) is 26.0 Å². The first kappa shape index (κ1) is 15.5. The van der Waals surface area contributed by atoms with E-state index < -0.39 is 0 Å². The molecule has 0 saturated carbocycles. The van der Waals surface area contributed by atoms with Crippen LogP contribution in [0, 0.1) is 12.7 Å². The number of hydrogen-bond acceptors (Lipinski definition) is 2. The molecule has 0 spiro atoms. The normalized spacial score (nSPS) is 12.5. The zero-order valence-electron chi connectivity index (χ0n) is 12.8. The first-order valence-electron chi connectivity index (χ1n) is 7.21. The second-order valence-corrected chi connectivity index (χ2v) is 5.65. The van der Waals surface area contributed by atoms with E-state index in [1.165, 1.54) is 11.6 Å². The second kappa shape index (κ2) is 6.72. The van der Waals surface area contributed by atoms with Gasteiger partial charge in [-0.25, -0.2) is 4.39 Å². The van der Waals surface area contributed by atoms with Gasteiger partial charge in [-0.2, -0.15) is 0 Å². The zero-order chi connectivity index (χ0) is 15.4. The third kappa shape index (κ3) is 4.05. The molecule has 0 amide bonds. The van der Waals surface area contributed by atoms with Crippen LogP contribution >= 0.6 is 0 Å².